The molecule has 1 heterocycles. The Balaban J connectivity index is 1.98. The smallest absolute Gasteiger partial charge is 0.339 e. The second kappa shape index (κ2) is 6.49. The lowest BCUT2D eigenvalue weighted by Crippen LogP contribution is -2.37. The average molecular weight is 279 g/mol. The van der Waals surface area contributed by atoms with E-state index in [0.717, 1.165) is 13.1 Å². The number of aromatic carboxylic acids is 1. The molecule has 20 heavy (non-hydrogen) atoms. The van der Waals surface area contributed by atoms with Crippen molar-refractivity contribution in [2.45, 2.75) is 6.42 Å². The highest BCUT2D eigenvalue weighted by molar-refractivity contribution is 6.00. The monoisotopic (exact) mass is 279 g/mol. The van der Waals surface area contributed by atoms with E-state index in [9.17, 15) is 14.7 Å². The minimum atomic E-state index is -1.25. The van der Waals surface area contributed by atoms with Gasteiger partial charge in [0.25, 0.3) is 0 Å². The zero-order chi connectivity index (χ0) is 14.5. The molecule has 1 fully saturated rings. The maximum absolute atomic E-state index is 12.0. The summed E-state index contributed by atoms with van der Waals surface area (Å²) < 4.78 is 5.23. The molecule has 0 atom stereocenters. The van der Waals surface area contributed by atoms with Crippen molar-refractivity contribution in [3.63, 3.8) is 0 Å². The van der Waals surface area contributed by atoms with E-state index in [0.29, 0.717) is 31.7 Å². The van der Waals surface area contributed by atoms with Gasteiger partial charge in [-0.3, -0.25) is 9.69 Å². The lowest BCUT2D eigenvalue weighted by molar-refractivity contribution is 0.0370. The van der Waals surface area contributed by atoms with Crippen molar-refractivity contribution in [2.75, 3.05) is 32.8 Å². The summed E-state index contributed by atoms with van der Waals surface area (Å²) in [6.45, 7) is 3.60. The van der Waals surface area contributed by atoms with Gasteiger partial charge in [0.15, 0.2) is 5.78 Å². The van der Waals surface area contributed by atoms with Crippen LogP contribution in [0.15, 0.2) is 18.2 Å². The summed E-state index contributed by atoms with van der Waals surface area (Å²) in [7, 11) is 0. The fourth-order valence-corrected chi connectivity index (χ4v) is 2.11. The molecule has 1 aromatic rings. The first-order valence-corrected chi connectivity index (χ1v) is 6.47. The number of hydrogen-bond acceptors (Lipinski definition) is 5. The van der Waals surface area contributed by atoms with Gasteiger partial charge >= 0.3 is 5.97 Å². The number of morpholine rings is 1. The number of phenols is 1. The Kier molecular flexibility index (Phi) is 4.70. The standard InChI is InChI=1S/C14H17NO5/c16-12(3-4-15-5-7-20-8-6-15)10-1-2-13(17)11(9-10)14(18)19/h1-2,9,17H,3-8H2,(H,18,19). The van der Waals surface area contributed by atoms with E-state index in [1.54, 1.807) is 0 Å². The van der Waals surface area contributed by atoms with Gasteiger partial charge in [-0.15, -0.1) is 0 Å². The molecule has 1 saturated heterocycles. The molecule has 6 heteroatoms. The number of rotatable bonds is 5. The number of ether oxygens (including phenoxy) is 1. The Labute approximate surface area is 116 Å². The van der Waals surface area contributed by atoms with Crippen LogP contribution in [0.1, 0.15) is 27.1 Å². The minimum absolute atomic E-state index is 0.126. The maximum Gasteiger partial charge on any atom is 0.339 e. The van der Waals surface area contributed by atoms with E-state index < -0.39 is 5.97 Å². The van der Waals surface area contributed by atoms with Gasteiger partial charge in [-0.1, -0.05) is 0 Å². The first kappa shape index (κ1) is 14.5. The van der Waals surface area contributed by atoms with Crippen molar-refractivity contribution in [3.8, 4) is 5.75 Å². The summed E-state index contributed by atoms with van der Waals surface area (Å²) in [5, 5.41) is 18.3. The predicted octanol–water partition coefficient (Wildman–Crippen LogP) is 0.995. The molecule has 108 valence electrons. The molecule has 0 radical (unpaired) electrons. The van der Waals surface area contributed by atoms with Crippen LogP contribution in [0, 0.1) is 0 Å². The summed E-state index contributed by atoms with van der Waals surface area (Å²) in [5.74, 6) is -1.70. The highest BCUT2D eigenvalue weighted by atomic mass is 16.5. The molecule has 1 aromatic carbocycles. The average Bonchev–Trinajstić information content (AvgIpc) is 2.46. The van der Waals surface area contributed by atoms with Crippen molar-refractivity contribution in [1.29, 1.82) is 0 Å². The van der Waals surface area contributed by atoms with Crippen LogP contribution in [0.2, 0.25) is 0 Å². The molecular formula is C14H17NO5. The molecule has 2 rings (SSSR count). The maximum atomic E-state index is 12.0. The van der Waals surface area contributed by atoms with Gasteiger partial charge in [0.05, 0.1) is 13.2 Å². The summed E-state index contributed by atoms with van der Waals surface area (Å²) in [6.07, 6.45) is 0.323. The van der Waals surface area contributed by atoms with Crippen LogP contribution in [-0.4, -0.2) is 59.7 Å². The van der Waals surface area contributed by atoms with Crippen LogP contribution in [0.5, 0.6) is 5.75 Å². The largest absolute Gasteiger partial charge is 0.507 e. The number of carboxylic acid groups (broad SMARTS) is 1. The van der Waals surface area contributed by atoms with Gasteiger partial charge in [0.1, 0.15) is 11.3 Å². The molecule has 0 amide bonds. The third-order valence-corrected chi connectivity index (χ3v) is 3.31. The van der Waals surface area contributed by atoms with Crippen LogP contribution in [-0.2, 0) is 4.74 Å². The van der Waals surface area contributed by atoms with Gasteiger partial charge in [0.2, 0.25) is 0 Å². The second-order valence-electron chi connectivity index (χ2n) is 4.66. The Bertz CT molecular complexity index is 508. The van der Waals surface area contributed by atoms with E-state index in [4.69, 9.17) is 9.84 Å². The third-order valence-electron chi connectivity index (χ3n) is 3.31. The fourth-order valence-electron chi connectivity index (χ4n) is 2.11. The van der Waals surface area contributed by atoms with Gasteiger partial charge < -0.3 is 14.9 Å². The van der Waals surface area contributed by atoms with Crippen molar-refractivity contribution in [1.82, 2.24) is 4.90 Å². The van der Waals surface area contributed by atoms with E-state index in [1.807, 2.05) is 0 Å². The number of benzene rings is 1. The zero-order valence-corrected chi connectivity index (χ0v) is 11.0. The number of carboxylic acids is 1. The number of Topliss-reactive ketones (excluding diaryl/α,β-unsaturated/α-hetero) is 1. The molecule has 1 aliphatic heterocycles. The number of carbonyl (C=O) groups excluding carboxylic acids is 1. The predicted molar refractivity (Wildman–Crippen MR) is 71.3 cm³/mol. The van der Waals surface area contributed by atoms with Crippen LogP contribution in [0.3, 0.4) is 0 Å². The Morgan fingerprint density at radius 2 is 1.95 bits per heavy atom. The molecular weight excluding hydrogens is 262 g/mol. The van der Waals surface area contributed by atoms with E-state index in [1.165, 1.54) is 18.2 Å². The van der Waals surface area contributed by atoms with Crippen molar-refractivity contribution >= 4 is 11.8 Å². The van der Waals surface area contributed by atoms with E-state index >= 15 is 0 Å². The van der Waals surface area contributed by atoms with Crippen molar-refractivity contribution in [3.05, 3.63) is 29.3 Å². The molecule has 0 unspecified atom stereocenters. The Hall–Kier alpha value is -1.92. The van der Waals surface area contributed by atoms with Gasteiger partial charge in [0, 0.05) is 31.6 Å². The van der Waals surface area contributed by atoms with Gasteiger partial charge in [-0.2, -0.15) is 0 Å². The number of hydrogen-bond donors (Lipinski definition) is 2. The molecule has 0 bridgehead atoms. The Morgan fingerprint density at radius 3 is 2.60 bits per heavy atom. The molecule has 0 aromatic heterocycles. The first-order valence-electron chi connectivity index (χ1n) is 6.47. The van der Waals surface area contributed by atoms with E-state index in [-0.39, 0.29) is 17.1 Å². The Morgan fingerprint density at radius 1 is 1.25 bits per heavy atom. The molecule has 6 nitrogen and oxygen atoms in total. The molecule has 0 aliphatic carbocycles. The first-order chi connectivity index (χ1) is 9.58. The fraction of sp³-hybridized carbons (Fsp3) is 0.429. The summed E-state index contributed by atoms with van der Waals surface area (Å²) in [4.78, 5) is 25.1. The number of aromatic hydroxyl groups is 1. The van der Waals surface area contributed by atoms with Crippen LogP contribution >= 0.6 is 0 Å². The zero-order valence-electron chi connectivity index (χ0n) is 11.0. The van der Waals surface area contributed by atoms with E-state index in [2.05, 4.69) is 4.90 Å². The van der Waals surface area contributed by atoms with Crippen molar-refractivity contribution < 1.29 is 24.5 Å². The number of nitrogens with zero attached hydrogens (tertiary/aromatic N) is 1. The number of carbonyl (C=O) groups is 2. The molecule has 2 N–H and O–H groups in total. The van der Waals surface area contributed by atoms with Gasteiger partial charge in [-0.05, 0) is 18.2 Å². The normalized spacial score (nSPS) is 16.0. The SMILES string of the molecule is O=C(CCN1CCOCC1)c1ccc(O)c(C(=O)O)c1. The molecule has 0 saturated carbocycles. The minimum Gasteiger partial charge on any atom is -0.507 e. The second-order valence-corrected chi connectivity index (χ2v) is 4.66. The highest BCUT2D eigenvalue weighted by Crippen LogP contribution is 2.19. The molecule has 0 spiro atoms. The lowest BCUT2D eigenvalue weighted by atomic mass is 10.0. The van der Waals surface area contributed by atoms with Crippen LogP contribution in [0.25, 0.3) is 0 Å². The van der Waals surface area contributed by atoms with Crippen molar-refractivity contribution in [2.24, 2.45) is 0 Å². The number of ketones is 1. The quantitative estimate of drug-likeness (QED) is 0.782. The summed E-state index contributed by atoms with van der Waals surface area (Å²) >= 11 is 0. The lowest BCUT2D eigenvalue weighted by Gasteiger charge is -2.26. The highest BCUT2D eigenvalue weighted by Gasteiger charge is 2.16. The van der Waals surface area contributed by atoms with Crippen LogP contribution in [0.4, 0.5) is 0 Å². The molecule has 1 aliphatic rings. The van der Waals surface area contributed by atoms with Crippen LogP contribution < -0.4 is 0 Å². The summed E-state index contributed by atoms with van der Waals surface area (Å²) in [6, 6.07) is 3.91. The summed E-state index contributed by atoms with van der Waals surface area (Å²) in [5.41, 5.74) is 0.0654. The third kappa shape index (κ3) is 3.55. The van der Waals surface area contributed by atoms with Gasteiger partial charge in [-0.25, -0.2) is 4.79 Å². The topological polar surface area (TPSA) is 87.1 Å².